The molecule has 0 unspecified atom stereocenters. The molecular formula is C15H7F6NO. The lowest BCUT2D eigenvalue weighted by molar-refractivity contribution is -0.274. The Bertz CT molecular complexity index is 741. The zero-order valence-corrected chi connectivity index (χ0v) is 11.2. The van der Waals surface area contributed by atoms with E-state index < -0.39 is 23.9 Å². The summed E-state index contributed by atoms with van der Waals surface area (Å²) in [6, 6.07) is 8.52. The van der Waals surface area contributed by atoms with Crippen molar-refractivity contribution in [1.29, 1.82) is 5.26 Å². The maximum Gasteiger partial charge on any atom is 0.573 e. The van der Waals surface area contributed by atoms with Gasteiger partial charge in [-0.1, -0.05) is 12.1 Å². The number of benzene rings is 2. The standard InChI is InChI=1S/C15H7F6NO/c16-14(17,18)11-4-1-9(2-5-11)13-7-12(23-15(19,20)21)6-3-10(13)8-22/h1-7H. The van der Waals surface area contributed by atoms with Gasteiger partial charge in [0.1, 0.15) is 5.75 Å². The van der Waals surface area contributed by atoms with Gasteiger partial charge >= 0.3 is 12.5 Å². The molecule has 0 aliphatic heterocycles. The van der Waals surface area contributed by atoms with Crippen molar-refractivity contribution in [2.45, 2.75) is 12.5 Å². The number of hydrogen-bond donors (Lipinski definition) is 0. The van der Waals surface area contributed by atoms with Crippen molar-refractivity contribution >= 4 is 0 Å². The van der Waals surface area contributed by atoms with Gasteiger partial charge in [-0.25, -0.2) is 0 Å². The van der Waals surface area contributed by atoms with E-state index in [4.69, 9.17) is 5.26 Å². The third-order valence-corrected chi connectivity index (χ3v) is 2.87. The normalized spacial score (nSPS) is 11.9. The van der Waals surface area contributed by atoms with Crippen LogP contribution >= 0.6 is 0 Å². The highest BCUT2D eigenvalue weighted by molar-refractivity contribution is 5.72. The molecule has 0 atom stereocenters. The Morgan fingerprint density at radius 1 is 0.870 bits per heavy atom. The Balaban J connectivity index is 2.45. The number of alkyl halides is 6. The molecule has 0 saturated heterocycles. The first-order chi connectivity index (χ1) is 10.6. The maximum atomic E-state index is 12.5. The zero-order valence-electron chi connectivity index (χ0n) is 11.2. The molecule has 0 spiro atoms. The first-order valence-corrected chi connectivity index (χ1v) is 6.08. The summed E-state index contributed by atoms with van der Waals surface area (Å²) in [4.78, 5) is 0. The summed E-state index contributed by atoms with van der Waals surface area (Å²) in [6.07, 6.45) is -9.44. The summed E-state index contributed by atoms with van der Waals surface area (Å²) in [5.41, 5.74) is -0.674. The third-order valence-electron chi connectivity index (χ3n) is 2.87. The average Bonchev–Trinajstić information content (AvgIpc) is 2.45. The summed E-state index contributed by atoms with van der Waals surface area (Å²) in [6.45, 7) is 0. The van der Waals surface area contributed by atoms with Crippen molar-refractivity contribution in [2.75, 3.05) is 0 Å². The summed E-state index contributed by atoms with van der Waals surface area (Å²) in [5.74, 6) is -0.564. The van der Waals surface area contributed by atoms with Crippen LogP contribution in [0.2, 0.25) is 0 Å². The third kappa shape index (κ3) is 4.16. The van der Waals surface area contributed by atoms with Gasteiger partial charge in [-0.3, -0.25) is 0 Å². The van der Waals surface area contributed by atoms with Crippen LogP contribution in [-0.2, 0) is 6.18 Å². The molecular weight excluding hydrogens is 324 g/mol. The molecule has 2 rings (SSSR count). The minimum absolute atomic E-state index is 0.0132. The largest absolute Gasteiger partial charge is 0.573 e. The van der Waals surface area contributed by atoms with Crippen molar-refractivity contribution in [1.82, 2.24) is 0 Å². The molecule has 0 aliphatic rings. The summed E-state index contributed by atoms with van der Waals surface area (Å²) < 4.78 is 78.0. The van der Waals surface area contributed by atoms with Crippen LogP contribution < -0.4 is 4.74 Å². The van der Waals surface area contributed by atoms with Gasteiger partial charge in [0.25, 0.3) is 0 Å². The van der Waals surface area contributed by atoms with Crippen LogP contribution in [0.15, 0.2) is 42.5 Å². The fraction of sp³-hybridized carbons (Fsp3) is 0.133. The van der Waals surface area contributed by atoms with E-state index in [1.54, 1.807) is 6.07 Å². The Kier molecular flexibility index (Phi) is 4.23. The van der Waals surface area contributed by atoms with Crippen LogP contribution in [0.25, 0.3) is 11.1 Å². The van der Waals surface area contributed by atoms with Gasteiger partial charge in [-0.15, -0.1) is 13.2 Å². The van der Waals surface area contributed by atoms with Crippen molar-refractivity contribution in [3.05, 3.63) is 53.6 Å². The predicted octanol–water partition coefficient (Wildman–Crippen LogP) is 5.14. The van der Waals surface area contributed by atoms with E-state index >= 15 is 0 Å². The number of rotatable bonds is 2. The Hall–Kier alpha value is -2.69. The van der Waals surface area contributed by atoms with Gasteiger partial charge in [-0.2, -0.15) is 18.4 Å². The molecule has 0 aliphatic carbocycles. The number of hydrogen-bond acceptors (Lipinski definition) is 2. The molecule has 8 heteroatoms. The van der Waals surface area contributed by atoms with Gasteiger partial charge < -0.3 is 4.74 Å². The quantitative estimate of drug-likeness (QED) is 0.714. The fourth-order valence-electron chi connectivity index (χ4n) is 1.90. The first-order valence-electron chi connectivity index (χ1n) is 6.08. The molecule has 2 nitrogen and oxygen atoms in total. The van der Waals surface area contributed by atoms with Crippen molar-refractivity contribution in [2.24, 2.45) is 0 Å². The number of halogens is 6. The average molecular weight is 331 g/mol. The van der Waals surface area contributed by atoms with E-state index in [0.29, 0.717) is 0 Å². The van der Waals surface area contributed by atoms with E-state index in [9.17, 15) is 26.3 Å². The molecule has 0 bridgehead atoms. The van der Waals surface area contributed by atoms with Crippen LogP contribution in [-0.4, -0.2) is 6.36 Å². The SMILES string of the molecule is N#Cc1ccc(OC(F)(F)F)cc1-c1ccc(C(F)(F)F)cc1. The van der Waals surface area contributed by atoms with Crippen LogP contribution in [0, 0.1) is 11.3 Å². The van der Waals surface area contributed by atoms with Crippen LogP contribution in [0.5, 0.6) is 5.75 Å². The van der Waals surface area contributed by atoms with Crippen LogP contribution in [0.4, 0.5) is 26.3 Å². The second kappa shape index (κ2) is 5.83. The molecule has 2 aromatic carbocycles. The van der Waals surface area contributed by atoms with Crippen LogP contribution in [0.1, 0.15) is 11.1 Å². The van der Waals surface area contributed by atoms with E-state index in [-0.39, 0.29) is 16.7 Å². The second-order valence-electron chi connectivity index (χ2n) is 4.44. The van der Waals surface area contributed by atoms with Gasteiger partial charge in [0.05, 0.1) is 17.2 Å². The second-order valence-corrected chi connectivity index (χ2v) is 4.44. The molecule has 0 radical (unpaired) electrons. The molecule has 0 saturated carbocycles. The lowest BCUT2D eigenvalue weighted by Gasteiger charge is -2.12. The predicted molar refractivity (Wildman–Crippen MR) is 68.3 cm³/mol. The molecule has 0 aromatic heterocycles. The van der Waals surface area contributed by atoms with Gasteiger partial charge in [0.2, 0.25) is 0 Å². The highest BCUT2D eigenvalue weighted by Gasteiger charge is 2.32. The number of nitriles is 1. The van der Waals surface area contributed by atoms with Crippen LogP contribution in [0.3, 0.4) is 0 Å². The van der Waals surface area contributed by atoms with Gasteiger partial charge in [-0.05, 0) is 35.9 Å². The maximum absolute atomic E-state index is 12.5. The van der Waals surface area contributed by atoms with Crippen molar-refractivity contribution < 1.29 is 31.1 Å². The van der Waals surface area contributed by atoms with E-state index in [1.807, 2.05) is 0 Å². The fourth-order valence-corrected chi connectivity index (χ4v) is 1.90. The molecule has 2 aromatic rings. The van der Waals surface area contributed by atoms with E-state index in [2.05, 4.69) is 4.74 Å². The Morgan fingerprint density at radius 3 is 1.96 bits per heavy atom. The minimum Gasteiger partial charge on any atom is -0.406 e. The van der Waals surface area contributed by atoms with E-state index in [0.717, 1.165) is 42.5 Å². The molecule has 23 heavy (non-hydrogen) atoms. The molecule has 0 N–H and O–H groups in total. The number of nitrogens with zero attached hydrogens (tertiary/aromatic N) is 1. The van der Waals surface area contributed by atoms with Crippen molar-refractivity contribution in [3.63, 3.8) is 0 Å². The topological polar surface area (TPSA) is 33.0 Å². The Morgan fingerprint density at radius 2 is 1.48 bits per heavy atom. The molecule has 0 heterocycles. The van der Waals surface area contributed by atoms with E-state index in [1.165, 1.54) is 0 Å². The highest BCUT2D eigenvalue weighted by Crippen LogP contribution is 2.34. The monoisotopic (exact) mass is 331 g/mol. The lowest BCUT2D eigenvalue weighted by Crippen LogP contribution is -2.17. The molecule has 0 amide bonds. The summed E-state index contributed by atoms with van der Waals surface area (Å²) >= 11 is 0. The zero-order chi connectivity index (χ0) is 17.3. The smallest absolute Gasteiger partial charge is 0.406 e. The highest BCUT2D eigenvalue weighted by atomic mass is 19.4. The molecule has 0 fully saturated rings. The Labute approximate surface area is 126 Å². The summed E-state index contributed by atoms with van der Waals surface area (Å²) in [5, 5.41) is 8.99. The lowest BCUT2D eigenvalue weighted by atomic mass is 9.99. The number of ether oxygens (including phenoxy) is 1. The minimum atomic E-state index is -4.91. The van der Waals surface area contributed by atoms with Gasteiger partial charge in [0, 0.05) is 5.56 Å². The van der Waals surface area contributed by atoms with Crippen molar-refractivity contribution in [3.8, 4) is 22.9 Å². The first kappa shape index (κ1) is 16.7. The molecule has 120 valence electrons. The summed E-state index contributed by atoms with van der Waals surface area (Å²) in [7, 11) is 0. The van der Waals surface area contributed by atoms with Gasteiger partial charge in [0.15, 0.2) is 0 Å².